The Morgan fingerprint density at radius 1 is 1.12 bits per heavy atom. The predicted octanol–water partition coefficient (Wildman–Crippen LogP) is 2.68. The maximum Gasteiger partial charge on any atom is 0.340 e. The molecule has 3 rings (SSSR count). The molecule has 1 N–H and O–H groups in total. The molecular weight excluding hydrogens is 332 g/mol. The molecule has 26 heavy (non-hydrogen) atoms. The van der Waals surface area contributed by atoms with Crippen molar-refractivity contribution >= 4 is 17.6 Å². The average Bonchev–Trinajstić information content (AvgIpc) is 2.99. The lowest BCUT2D eigenvalue weighted by molar-refractivity contribution is -0.119. The molecule has 0 bridgehead atoms. The van der Waals surface area contributed by atoms with Gasteiger partial charge in [0, 0.05) is 17.6 Å². The number of nitrogens with zero attached hydrogens (tertiary/aromatic N) is 3. The number of hydrogen-bond donors (Lipinski definition) is 1. The maximum atomic E-state index is 12.1. The maximum absolute atomic E-state index is 12.1. The fraction of sp³-hybridized carbons (Fsp3) is 0.158. The van der Waals surface area contributed by atoms with Crippen LogP contribution < -0.4 is 5.32 Å². The van der Waals surface area contributed by atoms with Crippen LogP contribution in [0.5, 0.6) is 0 Å². The van der Waals surface area contributed by atoms with Crippen LogP contribution in [0.4, 0.5) is 5.69 Å². The van der Waals surface area contributed by atoms with Crippen LogP contribution in [0.3, 0.4) is 0 Å². The summed E-state index contributed by atoms with van der Waals surface area (Å²) in [5.41, 5.74) is 2.74. The van der Waals surface area contributed by atoms with E-state index in [9.17, 15) is 9.59 Å². The number of amides is 1. The van der Waals surface area contributed by atoms with E-state index in [2.05, 4.69) is 15.4 Å². The zero-order valence-corrected chi connectivity index (χ0v) is 14.5. The number of carbonyl (C=O) groups excluding carboxylic acids is 2. The Bertz CT molecular complexity index is 918. The summed E-state index contributed by atoms with van der Waals surface area (Å²) in [5, 5.41) is 6.98. The third-order valence-electron chi connectivity index (χ3n) is 3.60. The molecule has 0 aliphatic rings. The van der Waals surface area contributed by atoms with Crippen molar-refractivity contribution in [2.75, 3.05) is 11.9 Å². The Hall–Kier alpha value is -3.48. The second-order valence-electron chi connectivity index (χ2n) is 5.73. The summed E-state index contributed by atoms with van der Waals surface area (Å²) in [6, 6.07) is 14.2. The van der Waals surface area contributed by atoms with Gasteiger partial charge < -0.3 is 10.1 Å². The van der Waals surface area contributed by atoms with Gasteiger partial charge in [-0.1, -0.05) is 18.2 Å². The number of aryl methyl sites for hydroxylation is 2. The van der Waals surface area contributed by atoms with Crippen LogP contribution in [0.1, 0.15) is 21.7 Å². The number of nitrogens with one attached hydrogen (secondary N) is 1. The minimum atomic E-state index is -0.611. The number of para-hydroxylation sites is 1. The number of esters is 1. The number of hydrogen-bond acceptors (Lipinski definition) is 5. The number of anilines is 1. The van der Waals surface area contributed by atoms with Crippen molar-refractivity contribution in [3.63, 3.8) is 0 Å². The first-order chi connectivity index (χ1) is 12.5. The fourth-order valence-electron chi connectivity index (χ4n) is 2.43. The highest BCUT2D eigenvalue weighted by Crippen LogP contribution is 2.11. The van der Waals surface area contributed by atoms with Crippen molar-refractivity contribution in [3.8, 4) is 5.82 Å². The summed E-state index contributed by atoms with van der Waals surface area (Å²) in [5.74, 6) is -0.411. The standard InChI is InChI=1S/C19H18N4O3/c1-13-10-14(2)23(22-13)17-9-8-15(11-20-17)19(25)26-12-18(24)21-16-6-4-3-5-7-16/h3-11H,12H2,1-2H3,(H,21,24). The topological polar surface area (TPSA) is 86.1 Å². The highest BCUT2D eigenvalue weighted by Gasteiger charge is 2.12. The molecule has 1 aromatic carbocycles. The minimum Gasteiger partial charge on any atom is -0.452 e. The lowest BCUT2D eigenvalue weighted by Gasteiger charge is -2.07. The van der Waals surface area contributed by atoms with Gasteiger partial charge >= 0.3 is 5.97 Å². The van der Waals surface area contributed by atoms with Crippen molar-refractivity contribution in [1.82, 2.24) is 14.8 Å². The van der Waals surface area contributed by atoms with Crippen LogP contribution in [-0.4, -0.2) is 33.2 Å². The molecule has 0 radical (unpaired) electrons. The van der Waals surface area contributed by atoms with Gasteiger partial charge in [0.15, 0.2) is 12.4 Å². The largest absolute Gasteiger partial charge is 0.452 e. The molecule has 132 valence electrons. The number of ether oxygens (including phenoxy) is 1. The summed E-state index contributed by atoms with van der Waals surface area (Å²) in [4.78, 5) is 28.1. The van der Waals surface area contributed by atoms with Gasteiger partial charge in [-0.3, -0.25) is 4.79 Å². The summed E-state index contributed by atoms with van der Waals surface area (Å²) in [6.45, 7) is 3.46. The summed E-state index contributed by atoms with van der Waals surface area (Å²) < 4.78 is 6.71. The molecule has 0 saturated carbocycles. The molecule has 0 saturated heterocycles. The van der Waals surface area contributed by atoms with E-state index in [0.717, 1.165) is 11.4 Å². The molecule has 1 amide bonds. The van der Waals surface area contributed by atoms with Crippen LogP contribution in [0.2, 0.25) is 0 Å². The number of carbonyl (C=O) groups is 2. The Kier molecular flexibility index (Phi) is 5.07. The van der Waals surface area contributed by atoms with Gasteiger partial charge in [0.2, 0.25) is 0 Å². The minimum absolute atomic E-state index is 0.266. The first-order valence-corrected chi connectivity index (χ1v) is 8.04. The van der Waals surface area contributed by atoms with Gasteiger partial charge in [0.1, 0.15) is 0 Å². The second-order valence-corrected chi connectivity index (χ2v) is 5.73. The SMILES string of the molecule is Cc1cc(C)n(-c2ccc(C(=O)OCC(=O)Nc3ccccc3)cn2)n1. The third kappa shape index (κ3) is 4.13. The molecule has 2 aromatic heterocycles. The Morgan fingerprint density at radius 3 is 2.50 bits per heavy atom. The molecule has 0 aliphatic heterocycles. The lowest BCUT2D eigenvalue weighted by Crippen LogP contribution is -2.21. The van der Waals surface area contributed by atoms with Gasteiger partial charge in [0.05, 0.1) is 11.3 Å². The van der Waals surface area contributed by atoms with E-state index in [-0.39, 0.29) is 12.2 Å². The normalized spacial score (nSPS) is 10.4. The molecular formula is C19H18N4O3. The second kappa shape index (κ2) is 7.60. The van der Waals surface area contributed by atoms with Crippen LogP contribution >= 0.6 is 0 Å². The van der Waals surface area contributed by atoms with Gasteiger partial charge in [-0.15, -0.1) is 0 Å². The van der Waals surface area contributed by atoms with E-state index >= 15 is 0 Å². The molecule has 0 fully saturated rings. The van der Waals surface area contributed by atoms with Gasteiger partial charge in [-0.05, 0) is 44.2 Å². The third-order valence-corrected chi connectivity index (χ3v) is 3.60. The summed E-state index contributed by atoms with van der Waals surface area (Å²) in [7, 11) is 0. The molecule has 0 atom stereocenters. The van der Waals surface area contributed by atoms with Crippen LogP contribution in [0.25, 0.3) is 5.82 Å². The molecule has 0 aliphatic carbocycles. The highest BCUT2D eigenvalue weighted by atomic mass is 16.5. The van der Waals surface area contributed by atoms with Crippen molar-refractivity contribution in [2.24, 2.45) is 0 Å². The number of benzene rings is 1. The highest BCUT2D eigenvalue weighted by molar-refractivity contribution is 5.95. The van der Waals surface area contributed by atoms with Gasteiger partial charge in [-0.2, -0.15) is 5.10 Å². The van der Waals surface area contributed by atoms with Crippen molar-refractivity contribution in [3.05, 3.63) is 71.7 Å². The Balaban J connectivity index is 1.58. The van der Waals surface area contributed by atoms with Crippen molar-refractivity contribution < 1.29 is 14.3 Å². The number of rotatable bonds is 5. The van der Waals surface area contributed by atoms with E-state index < -0.39 is 11.9 Å². The molecule has 7 nitrogen and oxygen atoms in total. The molecule has 0 spiro atoms. The summed E-state index contributed by atoms with van der Waals surface area (Å²) >= 11 is 0. The zero-order valence-electron chi connectivity index (χ0n) is 14.5. The fourth-order valence-corrected chi connectivity index (χ4v) is 2.43. The monoisotopic (exact) mass is 350 g/mol. The average molecular weight is 350 g/mol. The van der Waals surface area contributed by atoms with E-state index in [1.54, 1.807) is 41.1 Å². The van der Waals surface area contributed by atoms with E-state index in [1.165, 1.54) is 6.20 Å². The quantitative estimate of drug-likeness (QED) is 0.715. The number of pyridine rings is 1. The van der Waals surface area contributed by atoms with Gasteiger partial charge in [-0.25, -0.2) is 14.5 Å². The van der Waals surface area contributed by atoms with Gasteiger partial charge in [0.25, 0.3) is 5.91 Å². The zero-order chi connectivity index (χ0) is 18.5. The van der Waals surface area contributed by atoms with Crippen LogP contribution in [0.15, 0.2) is 54.7 Å². The predicted molar refractivity (Wildman–Crippen MR) is 96.2 cm³/mol. The molecule has 0 unspecified atom stereocenters. The van der Waals surface area contributed by atoms with Crippen LogP contribution in [0, 0.1) is 13.8 Å². The smallest absolute Gasteiger partial charge is 0.340 e. The van der Waals surface area contributed by atoms with E-state index in [0.29, 0.717) is 11.5 Å². The van der Waals surface area contributed by atoms with Crippen LogP contribution in [-0.2, 0) is 9.53 Å². The van der Waals surface area contributed by atoms with Crippen molar-refractivity contribution in [1.29, 1.82) is 0 Å². The molecule has 2 heterocycles. The summed E-state index contributed by atoms with van der Waals surface area (Å²) in [6.07, 6.45) is 1.41. The van der Waals surface area contributed by atoms with E-state index in [4.69, 9.17) is 4.74 Å². The molecule has 3 aromatic rings. The Labute approximate surface area is 150 Å². The lowest BCUT2D eigenvalue weighted by atomic mass is 10.3. The Morgan fingerprint density at radius 2 is 1.88 bits per heavy atom. The first-order valence-electron chi connectivity index (χ1n) is 8.04. The van der Waals surface area contributed by atoms with E-state index in [1.807, 2.05) is 26.0 Å². The molecule has 7 heteroatoms. The van der Waals surface area contributed by atoms with Crippen molar-refractivity contribution in [2.45, 2.75) is 13.8 Å². The first kappa shape index (κ1) is 17.3. The number of aromatic nitrogens is 3.